The van der Waals surface area contributed by atoms with Gasteiger partial charge in [0.1, 0.15) is 0 Å². The minimum absolute atomic E-state index is 0.0316. The van der Waals surface area contributed by atoms with Crippen LogP contribution in [0, 0.1) is 0 Å². The van der Waals surface area contributed by atoms with Crippen molar-refractivity contribution in [1.29, 1.82) is 0 Å². The number of hydrogen-bond donors (Lipinski definition) is 1. The van der Waals surface area contributed by atoms with Crippen molar-refractivity contribution in [2.75, 3.05) is 36.5 Å². The number of hydrogen-bond acceptors (Lipinski definition) is 7. The number of amides is 1. The zero-order chi connectivity index (χ0) is 22.9. The molecule has 1 amide bonds. The van der Waals surface area contributed by atoms with Gasteiger partial charge in [0.15, 0.2) is 21.3 Å². The Bertz CT molecular complexity index is 1230. The van der Waals surface area contributed by atoms with Gasteiger partial charge in [-0.05, 0) is 42.8 Å². The highest BCUT2D eigenvalue weighted by Crippen LogP contribution is 2.32. The van der Waals surface area contributed by atoms with Crippen LogP contribution in [-0.2, 0) is 19.9 Å². The highest BCUT2D eigenvalue weighted by atomic mass is 32.2. The first-order chi connectivity index (χ1) is 15.1. The van der Waals surface area contributed by atoms with E-state index in [1.165, 1.54) is 41.3 Å². The molecule has 1 atom stereocenters. The molecular formula is C21H24N2O7S2. The van der Waals surface area contributed by atoms with Crippen LogP contribution >= 0.6 is 0 Å². The molecule has 32 heavy (non-hydrogen) atoms. The molecule has 1 saturated heterocycles. The van der Waals surface area contributed by atoms with E-state index >= 15 is 0 Å². The van der Waals surface area contributed by atoms with Gasteiger partial charge in [0.2, 0.25) is 0 Å². The number of benzene rings is 2. The Labute approximate surface area is 187 Å². The van der Waals surface area contributed by atoms with Crippen molar-refractivity contribution in [2.45, 2.75) is 23.8 Å². The fraction of sp³-hybridized carbons (Fsp3) is 0.381. The van der Waals surface area contributed by atoms with Crippen LogP contribution in [0.5, 0.6) is 11.5 Å². The monoisotopic (exact) mass is 480 g/mol. The molecule has 4 rings (SSSR count). The second-order valence-electron chi connectivity index (χ2n) is 7.81. The van der Waals surface area contributed by atoms with Gasteiger partial charge in [-0.25, -0.2) is 16.8 Å². The van der Waals surface area contributed by atoms with Crippen molar-refractivity contribution < 1.29 is 31.1 Å². The van der Waals surface area contributed by atoms with Crippen molar-refractivity contribution in [2.24, 2.45) is 0 Å². The molecule has 0 aliphatic carbocycles. The molecule has 2 aromatic rings. The average molecular weight is 481 g/mol. The molecule has 1 fully saturated rings. The van der Waals surface area contributed by atoms with E-state index in [4.69, 9.17) is 9.47 Å². The molecule has 0 saturated carbocycles. The molecule has 1 unspecified atom stereocenters. The van der Waals surface area contributed by atoms with Crippen molar-refractivity contribution in [3.05, 3.63) is 48.0 Å². The van der Waals surface area contributed by atoms with Crippen LogP contribution in [0.15, 0.2) is 47.4 Å². The quantitative estimate of drug-likeness (QED) is 0.694. The largest absolute Gasteiger partial charge is 0.490 e. The maximum absolute atomic E-state index is 12.8. The summed E-state index contributed by atoms with van der Waals surface area (Å²) in [5, 5.41) is 0. The molecule has 1 N–H and O–H groups in total. The smallest absolute Gasteiger partial charge is 0.262 e. The van der Waals surface area contributed by atoms with Crippen molar-refractivity contribution in [1.82, 2.24) is 4.90 Å². The predicted octanol–water partition coefficient (Wildman–Crippen LogP) is 1.91. The van der Waals surface area contributed by atoms with Crippen LogP contribution in [0.2, 0.25) is 0 Å². The summed E-state index contributed by atoms with van der Waals surface area (Å²) in [6.07, 6.45) is 1.13. The number of carbonyl (C=O) groups excluding carboxylic acids is 1. The number of anilines is 1. The molecular weight excluding hydrogens is 456 g/mol. The minimum Gasteiger partial charge on any atom is -0.490 e. The molecule has 0 spiro atoms. The van der Waals surface area contributed by atoms with Crippen molar-refractivity contribution in [3.8, 4) is 11.5 Å². The first kappa shape index (κ1) is 22.4. The second-order valence-corrected chi connectivity index (χ2v) is 11.7. The molecule has 9 nitrogen and oxygen atoms in total. The van der Waals surface area contributed by atoms with Crippen LogP contribution in [0.3, 0.4) is 0 Å². The molecule has 172 valence electrons. The fourth-order valence-electron chi connectivity index (χ4n) is 3.66. The lowest BCUT2D eigenvalue weighted by atomic mass is 10.1. The van der Waals surface area contributed by atoms with Crippen LogP contribution in [0.4, 0.5) is 5.69 Å². The van der Waals surface area contributed by atoms with Crippen molar-refractivity contribution >= 4 is 31.5 Å². The summed E-state index contributed by atoms with van der Waals surface area (Å²) >= 11 is 0. The number of rotatable bonds is 5. The lowest BCUT2D eigenvalue weighted by molar-refractivity contribution is 0.0747. The zero-order valence-electron chi connectivity index (χ0n) is 17.5. The molecule has 2 heterocycles. The Morgan fingerprint density at radius 2 is 1.75 bits per heavy atom. The van der Waals surface area contributed by atoms with Crippen LogP contribution < -0.4 is 14.2 Å². The summed E-state index contributed by atoms with van der Waals surface area (Å²) in [7, 11) is -5.41. The number of nitrogens with one attached hydrogen (secondary N) is 1. The Hall–Kier alpha value is -2.79. The molecule has 11 heteroatoms. The summed E-state index contributed by atoms with van der Waals surface area (Å²) in [5.74, 6) is 0.606. The number of fused-ring (bicyclic) bond motifs is 1. The molecule has 0 aromatic heterocycles. The Balaban J connectivity index is 1.46. The number of ether oxygens (including phenoxy) is 2. The Kier molecular flexibility index (Phi) is 6.04. The maximum atomic E-state index is 12.8. The summed E-state index contributed by atoms with van der Waals surface area (Å²) in [5.41, 5.74) is 0.634. The Morgan fingerprint density at radius 1 is 1.06 bits per heavy atom. The van der Waals surface area contributed by atoms with Gasteiger partial charge in [-0.2, -0.15) is 0 Å². The van der Waals surface area contributed by atoms with Crippen LogP contribution in [0.1, 0.15) is 23.2 Å². The summed E-state index contributed by atoms with van der Waals surface area (Å²) in [6.45, 7) is 0.953. The topological polar surface area (TPSA) is 119 Å². The van der Waals surface area contributed by atoms with E-state index in [-0.39, 0.29) is 28.4 Å². The van der Waals surface area contributed by atoms with E-state index in [9.17, 15) is 21.6 Å². The molecule has 0 radical (unpaired) electrons. The maximum Gasteiger partial charge on any atom is 0.262 e. The SMILES string of the molecule is CN(C(=O)c1ccc(NS(=O)(=O)c2ccc3c(c2)OCCCO3)cc1)C1CCS(=O)(=O)C1. The van der Waals surface area contributed by atoms with Gasteiger partial charge in [-0.15, -0.1) is 0 Å². The fourth-order valence-corrected chi connectivity index (χ4v) is 6.50. The lowest BCUT2D eigenvalue weighted by Gasteiger charge is -2.23. The summed E-state index contributed by atoms with van der Waals surface area (Å²) in [6, 6.07) is 10.1. The molecule has 0 bridgehead atoms. The minimum atomic E-state index is -3.88. The lowest BCUT2D eigenvalue weighted by Crippen LogP contribution is -2.37. The Morgan fingerprint density at radius 3 is 2.41 bits per heavy atom. The number of carbonyl (C=O) groups is 1. The van der Waals surface area contributed by atoms with Crippen molar-refractivity contribution in [3.63, 3.8) is 0 Å². The van der Waals surface area contributed by atoms with Gasteiger partial charge in [0.25, 0.3) is 15.9 Å². The van der Waals surface area contributed by atoms with E-state index < -0.39 is 19.9 Å². The number of sulfone groups is 1. The van der Waals surface area contributed by atoms with Crippen LogP contribution in [0.25, 0.3) is 0 Å². The normalized spacial score (nSPS) is 19.7. The summed E-state index contributed by atoms with van der Waals surface area (Å²) < 4.78 is 62.5. The third-order valence-corrected chi connectivity index (χ3v) is 8.62. The highest BCUT2D eigenvalue weighted by molar-refractivity contribution is 7.92. The first-order valence-electron chi connectivity index (χ1n) is 10.1. The van der Waals surface area contributed by atoms with Gasteiger partial charge in [0, 0.05) is 36.8 Å². The van der Waals surface area contributed by atoms with Gasteiger partial charge in [-0.1, -0.05) is 0 Å². The second kappa shape index (κ2) is 8.62. The highest BCUT2D eigenvalue weighted by Gasteiger charge is 2.33. The van der Waals surface area contributed by atoms with Gasteiger partial charge in [-0.3, -0.25) is 9.52 Å². The van der Waals surface area contributed by atoms with E-state index in [1.54, 1.807) is 13.1 Å². The number of nitrogens with zero attached hydrogens (tertiary/aromatic N) is 1. The zero-order valence-corrected chi connectivity index (χ0v) is 19.1. The van der Waals surface area contributed by atoms with Crippen LogP contribution in [-0.4, -0.2) is 65.5 Å². The van der Waals surface area contributed by atoms with Gasteiger partial charge < -0.3 is 14.4 Å². The standard InChI is InChI=1S/C21H24N2O7S2/c1-23(17-9-12-31(25,26)14-17)21(24)15-3-5-16(6-4-15)22-32(27,28)18-7-8-19-20(13-18)30-11-2-10-29-19/h3-8,13,17,22H,2,9-12,14H2,1H3. The average Bonchev–Trinajstić information content (AvgIpc) is 2.97. The van der Waals surface area contributed by atoms with E-state index in [0.717, 1.165) is 0 Å². The third kappa shape index (κ3) is 4.83. The van der Waals surface area contributed by atoms with Gasteiger partial charge >= 0.3 is 0 Å². The first-order valence-corrected chi connectivity index (χ1v) is 13.5. The summed E-state index contributed by atoms with van der Waals surface area (Å²) in [4.78, 5) is 14.2. The number of sulfonamides is 1. The molecule has 2 aliphatic heterocycles. The van der Waals surface area contributed by atoms with Gasteiger partial charge in [0.05, 0.1) is 29.6 Å². The predicted molar refractivity (Wildman–Crippen MR) is 118 cm³/mol. The van der Waals surface area contributed by atoms with E-state index in [0.29, 0.717) is 48.8 Å². The molecule has 2 aromatic carbocycles. The third-order valence-electron chi connectivity index (χ3n) is 5.49. The van der Waals surface area contributed by atoms with E-state index in [1.807, 2.05) is 0 Å². The van der Waals surface area contributed by atoms with E-state index in [2.05, 4.69) is 4.72 Å². The molecule has 2 aliphatic rings.